The topological polar surface area (TPSA) is 29.3 Å². The van der Waals surface area contributed by atoms with Crippen molar-refractivity contribution in [1.82, 2.24) is 4.90 Å². The standard InChI is InChI=1S/C17H19BrN2/c18-15-8-6-13(7-9-15)10-20-11-16(17(19)12-20)14-4-2-1-3-5-14/h1-9,16-17H,10-12,19H2/t16-,17+/m0/s1. The van der Waals surface area contributed by atoms with E-state index in [0.29, 0.717) is 5.92 Å². The summed E-state index contributed by atoms with van der Waals surface area (Å²) >= 11 is 3.47. The third kappa shape index (κ3) is 3.11. The Morgan fingerprint density at radius 1 is 1.00 bits per heavy atom. The SMILES string of the molecule is N[C@@H]1CN(Cc2ccc(Br)cc2)C[C@H]1c1ccccc1. The van der Waals surface area contributed by atoms with Crippen LogP contribution in [0, 0.1) is 0 Å². The van der Waals surface area contributed by atoms with Crippen LogP contribution in [0.25, 0.3) is 0 Å². The summed E-state index contributed by atoms with van der Waals surface area (Å²) in [4.78, 5) is 2.45. The third-order valence-electron chi connectivity index (χ3n) is 3.99. The summed E-state index contributed by atoms with van der Waals surface area (Å²) in [5.74, 6) is 0.451. The highest BCUT2D eigenvalue weighted by atomic mass is 79.9. The van der Waals surface area contributed by atoms with Crippen LogP contribution in [0.5, 0.6) is 0 Å². The van der Waals surface area contributed by atoms with Gasteiger partial charge in [0.1, 0.15) is 0 Å². The number of rotatable bonds is 3. The quantitative estimate of drug-likeness (QED) is 0.934. The molecule has 0 aliphatic carbocycles. The molecule has 2 N–H and O–H groups in total. The van der Waals surface area contributed by atoms with Crippen LogP contribution in [0.4, 0.5) is 0 Å². The molecule has 0 spiro atoms. The minimum Gasteiger partial charge on any atom is -0.326 e. The summed E-state index contributed by atoms with van der Waals surface area (Å²) in [5, 5.41) is 0. The fourth-order valence-corrected chi connectivity index (χ4v) is 3.21. The molecule has 1 aliphatic heterocycles. The van der Waals surface area contributed by atoms with Crippen LogP contribution in [0.15, 0.2) is 59.1 Å². The fraction of sp³-hybridized carbons (Fsp3) is 0.294. The molecule has 2 aromatic rings. The van der Waals surface area contributed by atoms with E-state index in [-0.39, 0.29) is 6.04 Å². The van der Waals surface area contributed by atoms with Gasteiger partial charge in [0.2, 0.25) is 0 Å². The Hall–Kier alpha value is -1.16. The van der Waals surface area contributed by atoms with Crippen LogP contribution in [-0.2, 0) is 6.54 Å². The zero-order chi connectivity index (χ0) is 13.9. The Kier molecular flexibility index (Phi) is 4.20. The first-order valence-electron chi connectivity index (χ1n) is 7.00. The Labute approximate surface area is 128 Å². The molecule has 2 nitrogen and oxygen atoms in total. The second kappa shape index (κ2) is 6.08. The Morgan fingerprint density at radius 2 is 1.70 bits per heavy atom. The van der Waals surface area contributed by atoms with Crippen LogP contribution < -0.4 is 5.73 Å². The second-order valence-electron chi connectivity index (χ2n) is 5.50. The molecule has 3 rings (SSSR count). The van der Waals surface area contributed by atoms with E-state index in [1.165, 1.54) is 11.1 Å². The zero-order valence-corrected chi connectivity index (χ0v) is 13.0. The van der Waals surface area contributed by atoms with Crippen molar-refractivity contribution in [1.29, 1.82) is 0 Å². The molecule has 0 amide bonds. The molecule has 0 bridgehead atoms. The molecule has 1 heterocycles. The van der Waals surface area contributed by atoms with E-state index in [0.717, 1.165) is 24.1 Å². The highest BCUT2D eigenvalue weighted by molar-refractivity contribution is 9.10. The average molecular weight is 331 g/mol. The van der Waals surface area contributed by atoms with Crippen LogP contribution in [0.3, 0.4) is 0 Å². The number of benzene rings is 2. The number of nitrogens with two attached hydrogens (primary N) is 1. The van der Waals surface area contributed by atoms with Crippen molar-refractivity contribution in [2.75, 3.05) is 13.1 Å². The van der Waals surface area contributed by atoms with Gasteiger partial charge in [-0.25, -0.2) is 0 Å². The number of hydrogen-bond acceptors (Lipinski definition) is 2. The van der Waals surface area contributed by atoms with E-state index in [1.54, 1.807) is 0 Å². The molecule has 1 saturated heterocycles. The number of hydrogen-bond donors (Lipinski definition) is 1. The number of halogens is 1. The van der Waals surface area contributed by atoms with Gasteiger partial charge in [0.15, 0.2) is 0 Å². The lowest BCUT2D eigenvalue weighted by Crippen LogP contribution is -2.28. The highest BCUT2D eigenvalue weighted by Crippen LogP contribution is 2.27. The second-order valence-corrected chi connectivity index (χ2v) is 6.42. The van der Waals surface area contributed by atoms with Crippen molar-refractivity contribution in [3.63, 3.8) is 0 Å². The molecule has 1 aliphatic rings. The van der Waals surface area contributed by atoms with Gasteiger partial charge in [-0.15, -0.1) is 0 Å². The van der Waals surface area contributed by atoms with Crippen molar-refractivity contribution >= 4 is 15.9 Å². The molecule has 3 heteroatoms. The van der Waals surface area contributed by atoms with Gasteiger partial charge in [-0.3, -0.25) is 4.90 Å². The smallest absolute Gasteiger partial charge is 0.0250 e. The minimum atomic E-state index is 0.229. The molecular formula is C17H19BrN2. The largest absolute Gasteiger partial charge is 0.326 e. The van der Waals surface area contributed by atoms with E-state index in [2.05, 4.69) is 75.4 Å². The molecule has 0 radical (unpaired) electrons. The van der Waals surface area contributed by atoms with Gasteiger partial charge >= 0.3 is 0 Å². The maximum atomic E-state index is 6.33. The average Bonchev–Trinajstić information content (AvgIpc) is 2.83. The van der Waals surface area contributed by atoms with Gasteiger partial charge in [-0.2, -0.15) is 0 Å². The summed E-state index contributed by atoms with van der Waals surface area (Å²) in [6, 6.07) is 19.4. The van der Waals surface area contributed by atoms with Gasteiger partial charge in [0.05, 0.1) is 0 Å². The van der Waals surface area contributed by atoms with Crippen molar-refractivity contribution in [3.8, 4) is 0 Å². The van der Waals surface area contributed by atoms with Gasteiger partial charge in [-0.05, 0) is 23.3 Å². The predicted octanol–water partition coefficient (Wildman–Crippen LogP) is 3.38. The maximum Gasteiger partial charge on any atom is 0.0250 e. The highest BCUT2D eigenvalue weighted by Gasteiger charge is 2.30. The van der Waals surface area contributed by atoms with Crippen molar-refractivity contribution in [2.45, 2.75) is 18.5 Å². The van der Waals surface area contributed by atoms with Crippen molar-refractivity contribution < 1.29 is 0 Å². The first kappa shape index (κ1) is 13.8. The Bertz CT molecular complexity index is 553. The Balaban J connectivity index is 1.68. The van der Waals surface area contributed by atoms with Gasteiger partial charge in [0.25, 0.3) is 0 Å². The van der Waals surface area contributed by atoms with Gasteiger partial charge < -0.3 is 5.73 Å². The fourth-order valence-electron chi connectivity index (χ4n) is 2.94. The van der Waals surface area contributed by atoms with Crippen molar-refractivity contribution in [2.24, 2.45) is 5.73 Å². The van der Waals surface area contributed by atoms with E-state index in [9.17, 15) is 0 Å². The summed E-state index contributed by atoms with van der Waals surface area (Å²) in [6.45, 7) is 2.99. The molecule has 104 valence electrons. The van der Waals surface area contributed by atoms with Gasteiger partial charge in [0, 0.05) is 36.1 Å². The molecule has 20 heavy (non-hydrogen) atoms. The molecule has 1 fully saturated rings. The number of nitrogens with zero attached hydrogens (tertiary/aromatic N) is 1. The summed E-state index contributed by atoms with van der Waals surface area (Å²) in [7, 11) is 0. The van der Waals surface area contributed by atoms with E-state index in [1.807, 2.05) is 0 Å². The lowest BCUT2D eigenvalue weighted by molar-refractivity contribution is 0.324. The van der Waals surface area contributed by atoms with Gasteiger partial charge in [-0.1, -0.05) is 58.4 Å². The lowest BCUT2D eigenvalue weighted by Gasteiger charge is -2.16. The number of likely N-dealkylation sites (tertiary alicyclic amines) is 1. The molecule has 0 unspecified atom stereocenters. The Morgan fingerprint density at radius 3 is 2.40 bits per heavy atom. The monoisotopic (exact) mass is 330 g/mol. The molecule has 0 saturated carbocycles. The van der Waals surface area contributed by atoms with E-state index < -0.39 is 0 Å². The summed E-state index contributed by atoms with van der Waals surface area (Å²) < 4.78 is 1.13. The third-order valence-corrected chi connectivity index (χ3v) is 4.52. The predicted molar refractivity (Wildman–Crippen MR) is 86.6 cm³/mol. The first-order valence-corrected chi connectivity index (χ1v) is 7.79. The van der Waals surface area contributed by atoms with Crippen molar-refractivity contribution in [3.05, 3.63) is 70.2 Å². The maximum absolute atomic E-state index is 6.33. The van der Waals surface area contributed by atoms with Crippen LogP contribution in [0.1, 0.15) is 17.0 Å². The lowest BCUT2D eigenvalue weighted by atomic mass is 9.95. The first-order chi connectivity index (χ1) is 9.72. The molecule has 0 aromatic heterocycles. The summed E-state index contributed by atoms with van der Waals surface area (Å²) in [5.41, 5.74) is 9.03. The van der Waals surface area contributed by atoms with E-state index in [4.69, 9.17) is 5.73 Å². The molecule has 2 atom stereocenters. The normalized spacial score (nSPS) is 23.1. The van der Waals surface area contributed by atoms with Crippen LogP contribution in [-0.4, -0.2) is 24.0 Å². The summed E-state index contributed by atoms with van der Waals surface area (Å²) in [6.07, 6.45) is 0. The van der Waals surface area contributed by atoms with Crippen LogP contribution >= 0.6 is 15.9 Å². The minimum absolute atomic E-state index is 0.229. The zero-order valence-electron chi connectivity index (χ0n) is 11.4. The molecule has 2 aromatic carbocycles. The molecular weight excluding hydrogens is 312 g/mol. The van der Waals surface area contributed by atoms with E-state index >= 15 is 0 Å². The van der Waals surface area contributed by atoms with Crippen LogP contribution in [0.2, 0.25) is 0 Å².